The van der Waals surface area contributed by atoms with Gasteiger partial charge in [-0.1, -0.05) is 17.7 Å². The summed E-state index contributed by atoms with van der Waals surface area (Å²) in [5.74, 6) is 0.905. The Hall–Kier alpha value is -0.860. The molecule has 1 aromatic carbocycles. The molecule has 0 amide bonds. The summed E-state index contributed by atoms with van der Waals surface area (Å²) in [6.45, 7) is 11.7. The van der Waals surface area contributed by atoms with Crippen LogP contribution in [0.5, 0.6) is 0 Å². The van der Waals surface area contributed by atoms with Gasteiger partial charge in [-0.3, -0.25) is 4.90 Å². The second-order valence-corrected chi connectivity index (χ2v) is 7.28. The van der Waals surface area contributed by atoms with Gasteiger partial charge in [-0.15, -0.1) is 0 Å². The first-order chi connectivity index (χ1) is 10.1. The molecular formula is C19H30N2. The molecule has 2 nitrogen and oxygen atoms in total. The van der Waals surface area contributed by atoms with Crippen LogP contribution in [-0.2, 0) is 6.54 Å². The van der Waals surface area contributed by atoms with Crippen LogP contribution in [0.25, 0.3) is 0 Å². The van der Waals surface area contributed by atoms with Crippen molar-refractivity contribution < 1.29 is 0 Å². The van der Waals surface area contributed by atoms with Crippen LogP contribution in [0.1, 0.15) is 47.9 Å². The Bertz CT molecular complexity index is 459. The van der Waals surface area contributed by atoms with Crippen LogP contribution in [0.2, 0.25) is 0 Å². The minimum absolute atomic E-state index is 0.862. The Morgan fingerprint density at radius 3 is 2.19 bits per heavy atom. The third kappa shape index (κ3) is 4.08. The Balaban J connectivity index is 1.50. The zero-order chi connectivity index (χ0) is 14.8. The first kappa shape index (κ1) is 15.1. The first-order valence-electron chi connectivity index (χ1n) is 8.64. The van der Waals surface area contributed by atoms with Crippen molar-refractivity contribution >= 4 is 0 Å². The molecule has 1 aromatic rings. The lowest BCUT2D eigenvalue weighted by Crippen LogP contribution is -2.37. The molecule has 1 saturated heterocycles. The molecule has 0 radical (unpaired) electrons. The molecule has 116 valence electrons. The SMILES string of the molecule is Cc1cc(C)c(CN2CCC(CNC3CC3)CC2)c(C)c1. The molecule has 2 fully saturated rings. The van der Waals surface area contributed by atoms with Crippen molar-refractivity contribution in [3.8, 4) is 0 Å². The molecule has 1 N–H and O–H groups in total. The summed E-state index contributed by atoms with van der Waals surface area (Å²) in [5.41, 5.74) is 5.86. The fourth-order valence-electron chi connectivity index (χ4n) is 3.65. The van der Waals surface area contributed by atoms with Crippen LogP contribution in [0.4, 0.5) is 0 Å². The molecule has 1 heterocycles. The van der Waals surface area contributed by atoms with Gasteiger partial charge in [0.1, 0.15) is 0 Å². The van der Waals surface area contributed by atoms with Crippen LogP contribution in [-0.4, -0.2) is 30.6 Å². The van der Waals surface area contributed by atoms with Gasteiger partial charge in [0, 0.05) is 12.6 Å². The highest BCUT2D eigenvalue weighted by atomic mass is 15.1. The number of hydrogen-bond acceptors (Lipinski definition) is 2. The fraction of sp³-hybridized carbons (Fsp3) is 0.684. The van der Waals surface area contributed by atoms with E-state index < -0.39 is 0 Å². The van der Waals surface area contributed by atoms with Gasteiger partial charge in [-0.2, -0.15) is 0 Å². The predicted octanol–water partition coefficient (Wildman–Crippen LogP) is 3.58. The van der Waals surface area contributed by atoms with Crippen LogP contribution in [0, 0.1) is 26.7 Å². The average Bonchev–Trinajstić information content (AvgIpc) is 3.26. The van der Waals surface area contributed by atoms with Crippen molar-refractivity contribution in [2.45, 2.75) is 59.0 Å². The minimum Gasteiger partial charge on any atom is -0.314 e. The molecule has 0 spiro atoms. The van der Waals surface area contributed by atoms with Gasteiger partial charge >= 0.3 is 0 Å². The van der Waals surface area contributed by atoms with E-state index in [0.717, 1.165) is 18.5 Å². The highest BCUT2D eigenvalue weighted by Gasteiger charge is 2.24. The second-order valence-electron chi connectivity index (χ2n) is 7.28. The van der Waals surface area contributed by atoms with Crippen molar-refractivity contribution in [3.63, 3.8) is 0 Å². The summed E-state index contributed by atoms with van der Waals surface area (Å²) >= 11 is 0. The maximum Gasteiger partial charge on any atom is 0.0238 e. The molecule has 2 aliphatic rings. The highest BCUT2D eigenvalue weighted by Crippen LogP contribution is 2.24. The highest BCUT2D eigenvalue weighted by molar-refractivity contribution is 5.37. The number of nitrogens with one attached hydrogen (secondary N) is 1. The number of aryl methyl sites for hydroxylation is 3. The van der Waals surface area contributed by atoms with E-state index in [-0.39, 0.29) is 0 Å². The summed E-state index contributed by atoms with van der Waals surface area (Å²) < 4.78 is 0. The summed E-state index contributed by atoms with van der Waals surface area (Å²) in [6.07, 6.45) is 5.54. The minimum atomic E-state index is 0.862. The molecule has 0 aromatic heterocycles. The summed E-state index contributed by atoms with van der Waals surface area (Å²) in [6, 6.07) is 5.52. The van der Waals surface area contributed by atoms with Crippen LogP contribution in [0.15, 0.2) is 12.1 Å². The molecular weight excluding hydrogens is 256 g/mol. The molecule has 2 heteroatoms. The van der Waals surface area contributed by atoms with E-state index in [1.807, 2.05) is 0 Å². The van der Waals surface area contributed by atoms with E-state index >= 15 is 0 Å². The fourth-order valence-corrected chi connectivity index (χ4v) is 3.65. The van der Waals surface area contributed by atoms with Gasteiger partial charge in [-0.05, 0) is 88.7 Å². The Kier molecular flexibility index (Phi) is 4.66. The van der Waals surface area contributed by atoms with Gasteiger partial charge in [0.05, 0.1) is 0 Å². The number of hydrogen-bond donors (Lipinski definition) is 1. The van der Waals surface area contributed by atoms with Crippen molar-refractivity contribution in [2.75, 3.05) is 19.6 Å². The second kappa shape index (κ2) is 6.50. The normalized spacial score (nSPS) is 20.9. The third-order valence-electron chi connectivity index (χ3n) is 5.20. The smallest absolute Gasteiger partial charge is 0.0238 e. The van der Waals surface area contributed by atoms with E-state index in [4.69, 9.17) is 0 Å². The number of nitrogens with zero attached hydrogens (tertiary/aromatic N) is 1. The largest absolute Gasteiger partial charge is 0.314 e. The summed E-state index contributed by atoms with van der Waals surface area (Å²) in [4.78, 5) is 2.65. The van der Waals surface area contributed by atoms with Crippen molar-refractivity contribution in [3.05, 3.63) is 34.4 Å². The maximum absolute atomic E-state index is 3.70. The molecule has 0 unspecified atom stereocenters. The lowest BCUT2D eigenvalue weighted by molar-refractivity contribution is 0.175. The molecule has 1 aliphatic heterocycles. The average molecular weight is 286 g/mol. The number of likely N-dealkylation sites (tertiary alicyclic amines) is 1. The van der Waals surface area contributed by atoms with Crippen LogP contribution in [0.3, 0.4) is 0 Å². The number of benzene rings is 1. The third-order valence-corrected chi connectivity index (χ3v) is 5.20. The lowest BCUT2D eigenvalue weighted by Gasteiger charge is -2.33. The monoisotopic (exact) mass is 286 g/mol. The van der Waals surface area contributed by atoms with Gasteiger partial charge in [0.2, 0.25) is 0 Å². The van der Waals surface area contributed by atoms with Gasteiger partial charge in [-0.25, -0.2) is 0 Å². The summed E-state index contributed by atoms with van der Waals surface area (Å²) in [5, 5.41) is 3.70. The molecule has 1 saturated carbocycles. The van der Waals surface area contributed by atoms with E-state index in [0.29, 0.717) is 0 Å². The first-order valence-corrected chi connectivity index (χ1v) is 8.64. The van der Waals surface area contributed by atoms with Gasteiger partial charge in [0.15, 0.2) is 0 Å². The van der Waals surface area contributed by atoms with E-state index in [1.54, 1.807) is 5.56 Å². The van der Waals surface area contributed by atoms with Crippen molar-refractivity contribution in [2.24, 2.45) is 5.92 Å². The van der Waals surface area contributed by atoms with Crippen LogP contribution >= 0.6 is 0 Å². The Morgan fingerprint density at radius 2 is 1.62 bits per heavy atom. The number of rotatable bonds is 5. The zero-order valence-electron chi connectivity index (χ0n) is 13.9. The Morgan fingerprint density at radius 1 is 1.00 bits per heavy atom. The lowest BCUT2D eigenvalue weighted by atomic mass is 9.94. The molecule has 1 aliphatic carbocycles. The zero-order valence-corrected chi connectivity index (χ0v) is 13.9. The maximum atomic E-state index is 3.70. The van der Waals surface area contributed by atoms with E-state index in [1.165, 1.54) is 62.0 Å². The standard InChI is InChI=1S/C19H30N2/c1-14-10-15(2)19(16(3)11-14)13-21-8-6-17(7-9-21)12-20-18-4-5-18/h10-11,17-18,20H,4-9,12-13H2,1-3H3. The molecule has 21 heavy (non-hydrogen) atoms. The van der Waals surface area contributed by atoms with Gasteiger partial charge < -0.3 is 5.32 Å². The molecule has 0 bridgehead atoms. The topological polar surface area (TPSA) is 15.3 Å². The number of piperidine rings is 1. The van der Waals surface area contributed by atoms with Crippen molar-refractivity contribution in [1.82, 2.24) is 10.2 Å². The van der Waals surface area contributed by atoms with E-state index in [9.17, 15) is 0 Å². The van der Waals surface area contributed by atoms with Gasteiger partial charge in [0.25, 0.3) is 0 Å². The quantitative estimate of drug-likeness (QED) is 0.890. The predicted molar refractivity (Wildman–Crippen MR) is 89.7 cm³/mol. The molecule has 0 atom stereocenters. The van der Waals surface area contributed by atoms with E-state index in [2.05, 4.69) is 43.1 Å². The molecule has 3 rings (SSSR count). The Labute approximate surface area is 129 Å². The van der Waals surface area contributed by atoms with Crippen molar-refractivity contribution in [1.29, 1.82) is 0 Å². The van der Waals surface area contributed by atoms with Crippen LogP contribution < -0.4 is 5.32 Å². The summed E-state index contributed by atoms with van der Waals surface area (Å²) in [7, 11) is 0.